The molecule has 1 aliphatic rings. The van der Waals surface area contributed by atoms with Crippen LogP contribution in [0.2, 0.25) is 0 Å². The highest BCUT2D eigenvalue weighted by atomic mass is 16.5. The van der Waals surface area contributed by atoms with Gasteiger partial charge in [0.25, 0.3) is 0 Å². The van der Waals surface area contributed by atoms with Gasteiger partial charge in [-0.1, -0.05) is 0 Å². The van der Waals surface area contributed by atoms with Crippen LogP contribution in [0.3, 0.4) is 0 Å². The van der Waals surface area contributed by atoms with Crippen molar-refractivity contribution in [3.05, 3.63) is 12.7 Å². The molecule has 1 amide bonds. The van der Waals surface area contributed by atoms with E-state index in [-0.39, 0.29) is 19.1 Å². The number of hydrogen-bond acceptors (Lipinski definition) is 5. The smallest absolute Gasteiger partial charge is 0.242 e. The summed E-state index contributed by atoms with van der Waals surface area (Å²) in [5, 5.41) is 16.1. The lowest BCUT2D eigenvalue weighted by Crippen LogP contribution is -2.55. The van der Waals surface area contributed by atoms with E-state index in [1.807, 2.05) is 0 Å². The summed E-state index contributed by atoms with van der Waals surface area (Å²) in [5.41, 5.74) is -0.546. The lowest BCUT2D eigenvalue weighted by atomic mass is 9.91. The first-order valence-electron chi connectivity index (χ1n) is 5.56. The Morgan fingerprint density at radius 3 is 2.88 bits per heavy atom. The maximum atomic E-state index is 11.8. The zero-order valence-electron chi connectivity index (χ0n) is 9.50. The first-order valence-corrected chi connectivity index (χ1v) is 5.56. The van der Waals surface area contributed by atoms with Crippen LogP contribution in [0.25, 0.3) is 0 Å². The predicted octanol–water partition coefficient (Wildman–Crippen LogP) is -1.06. The first-order chi connectivity index (χ1) is 8.24. The molecule has 1 aliphatic heterocycles. The molecular weight excluding hydrogens is 224 g/mol. The predicted molar refractivity (Wildman–Crippen MR) is 58.0 cm³/mol. The number of amides is 1. The number of nitrogens with zero attached hydrogens (tertiary/aromatic N) is 3. The van der Waals surface area contributed by atoms with Gasteiger partial charge < -0.3 is 15.2 Å². The Bertz CT molecular complexity index is 360. The molecule has 0 saturated carbocycles. The van der Waals surface area contributed by atoms with E-state index >= 15 is 0 Å². The number of aliphatic hydroxyl groups is 1. The molecule has 94 valence electrons. The number of carbonyl (C=O) groups excluding carboxylic acids is 1. The number of ether oxygens (including phenoxy) is 1. The molecule has 0 radical (unpaired) electrons. The molecule has 1 aromatic heterocycles. The number of aromatic nitrogens is 3. The molecular formula is C10H16N4O3. The number of aliphatic hydroxyl groups excluding tert-OH is 1. The van der Waals surface area contributed by atoms with Crippen molar-refractivity contribution in [3.63, 3.8) is 0 Å². The van der Waals surface area contributed by atoms with Crippen molar-refractivity contribution in [2.45, 2.75) is 24.9 Å². The molecule has 17 heavy (non-hydrogen) atoms. The van der Waals surface area contributed by atoms with Crippen LogP contribution in [0.1, 0.15) is 12.8 Å². The summed E-state index contributed by atoms with van der Waals surface area (Å²) in [6.07, 6.45) is 4.12. The second-order valence-electron chi connectivity index (χ2n) is 4.19. The fourth-order valence-corrected chi connectivity index (χ4v) is 1.88. The second kappa shape index (κ2) is 5.24. The van der Waals surface area contributed by atoms with Crippen molar-refractivity contribution in [1.82, 2.24) is 20.1 Å². The lowest BCUT2D eigenvalue weighted by Gasteiger charge is -2.36. The van der Waals surface area contributed by atoms with Gasteiger partial charge in [0, 0.05) is 13.2 Å². The topological polar surface area (TPSA) is 89.3 Å². The van der Waals surface area contributed by atoms with Gasteiger partial charge in [0.05, 0.1) is 12.1 Å². The summed E-state index contributed by atoms with van der Waals surface area (Å²) in [5.74, 6) is -0.175. The van der Waals surface area contributed by atoms with Crippen LogP contribution in [0.5, 0.6) is 0 Å². The summed E-state index contributed by atoms with van der Waals surface area (Å²) in [7, 11) is 0. The zero-order valence-corrected chi connectivity index (χ0v) is 9.50. The second-order valence-corrected chi connectivity index (χ2v) is 4.19. The van der Waals surface area contributed by atoms with E-state index in [4.69, 9.17) is 4.74 Å². The van der Waals surface area contributed by atoms with Crippen LogP contribution in [-0.2, 0) is 16.1 Å². The fourth-order valence-electron chi connectivity index (χ4n) is 1.88. The molecule has 1 saturated heterocycles. The molecule has 0 spiro atoms. The number of carbonyl (C=O) groups is 1. The van der Waals surface area contributed by atoms with Crippen molar-refractivity contribution >= 4 is 5.91 Å². The zero-order chi connectivity index (χ0) is 12.1. The van der Waals surface area contributed by atoms with Gasteiger partial charge in [0.15, 0.2) is 0 Å². The van der Waals surface area contributed by atoms with Crippen LogP contribution in [-0.4, -0.2) is 51.1 Å². The van der Waals surface area contributed by atoms with E-state index in [1.54, 1.807) is 0 Å². The van der Waals surface area contributed by atoms with Gasteiger partial charge >= 0.3 is 0 Å². The van der Waals surface area contributed by atoms with E-state index in [0.29, 0.717) is 26.1 Å². The minimum atomic E-state index is -0.546. The summed E-state index contributed by atoms with van der Waals surface area (Å²) in [6, 6.07) is 0. The van der Waals surface area contributed by atoms with Gasteiger partial charge in [-0.25, -0.2) is 9.67 Å². The van der Waals surface area contributed by atoms with Gasteiger partial charge in [-0.05, 0) is 12.8 Å². The average Bonchev–Trinajstić information content (AvgIpc) is 2.83. The highest BCUT2D eigenvalue weighted by molar-refractivity contribution is 5.76. The standard InChI is InChI=1S/C10H16N4O3/c15-6-10(1-3-17-4-2-10)13-9(16)5-14-8-11-7-12-14/h7-8,15H,1-6H2,(H,13,16). The van der Waals surface area contributed by atoms with E-state index < -0.39 is 5.54 Å². The van der Waals surface area contributed by atoms with Gasteiger partial charge in [-0.2, -0.15) is 5.10 Å². The van der Waals surface area contributed by atoms with Crippen molar-refractivity contribution in [2.75, 3.05) is 19.8 Å². The van der Waals surface area contributed by atoms with E-state index in [0.717, 1.165) is 0 Å². The summed E-state index contributed by atoms with van der Waals surface area (Å²) in [4.78, 5) is 15.6. The molecule has 2 N–H and O–H groups in total. The Balaban J connectivity index is 1.91. The summed E-state index contributed by atoms with van der Waals surface area (Å²) in [6.45, 7) is 1.16. The molecule has 7 nitrogen and oxygen atoms in total. The third-order valence-corrected chi connectivity index (χ3v) is 2.93. The molecule has 1 aromatic rings. The fraction of sp³-hybridized carbons (Fsp3) is 0.700. The van der Waals surface area contributed by atoms with Crippen LogP contribution in [0.4, 0.5) is 0 Å². The van der Waals surface area contributed by atoms with Gasteiger partial charge in [-0.15, -0.1) is 0 Å². The Morgan fingerprint density at radius 2 is 2.29 bits per heavy atom. The minimum Gasteiger partial charge on any atom is -0.394 e. The Kier molecular flexibility index (Phi) is 3.70. The van der Waals surface area contributed by atoms with Crippen molar-refractivity contribution in [3.8, 4) is 0 Å². The molecule has 2 heterocycles. The largest absolute Gasteiger partial charge is 0.394 e. The van der Waals surface area contributed by atoms with Crippen molar-refractivity contribution < 1.29 is 14.6 Å². The monoisotopic (exact) mass is 240 g/mol. The third kappa shape index (κ3) is 3.01. The third-order valence-electron chi connectivity index (χ3n) is 2.93. The van der Waals surface area contributed by atoms with E-state index in [2.05, 4.69) is 15.4 Å². The molecule has 7 heteroatoms. The van der Waals surface area contributed by atoms with Crippen LogP contribution < -0.4 is 5.32 Å². The number of rotatable bonds is 4. The quantitative estimate of drug-likeness (QED) is 0.700. The summed E-state index contributed by atoms with van der Waals surface area (Å²) >= 11 is 0. The molecule has 0 bridgehead atoms. The normalized spacial score (nSPS) is 18.9. The maximum absolute atomic E-state index is 11.8. The van der Waals surface area contributed by atoms with Crippen LogP contribution in [0.15, 0.2) is 12.7 Å². The summed E-state index contributed by atoms with van der Waals surface area (Å²) < 4.78 is 6.67. The Morgan fingerprint density at radius 1 is 1.53 bits per heavy atom. The Hall–Kier alpha value is -1.47. The van der Waals surface area contributed by atoms with E-state index in [1.165, 1.54) is 17.3 Å². The first kappa shape index (κ1) is 12.0. The van der Waals surface area contributed by atoms with E-state index in [9.17, 15) is 9.90 Å². The SMILES string of the molecule is O=C(Cn1cncn1)NC1(CO)CCOCC1. The van der Waals surface area contributed by atoms with Crippen LogP contribution >= 0.6 is 0 Å². The van der Waals surface area contributed by atoms with Crippen LogP contribution in [0, 0.1) is 0 Å². The molecule has 0 aromatic carbocycles. The van der Waals surface area contributed by atoms with Gasteiger partial charge in [-0.3, -0.25) is 4.79 Å². The Labute approximate surface area is 98.8 Å². The highest BCUT2D eigenvalue weighted by Crippen LogP contribution is 2.19. The molecule has 2 rings (SSSR count). The van der Waals surface area contributed by atoms with Gasteiger partial charge in [0.2, 0.25) is 5.91 Å². The molecule has 0 unspecified atom stereocenters. The van der Waals surface area contributed by atoms with Crippen molar-refractivity contribution in [1.29, 1.82) is 0 Å². The number of nitrogens with one attached hydrogen (secondary N) is 1. The van der Waals surface area contributed by atoms with Crippen molar-refractivity contribution in [2.24, 2.45) is 0 Å². The number of hydrogen-bond donors (Lipinski definition) is 2. The highest BCUT2D eigenvalue weighted by Gasteiger charge is 2.33. The lowest BCUT2D eigenvalue weighted by molar-refractivity contribution is -0.126. The average molecular weight is 240 g/mol. The van der Waals surface area contributed by atoms with Gasteiger partial charge in [0.1, 0.15) is 19.2 Å². The molecule has 1 fully saturated rings. The minimum absolute atomic E-state index is 0.0700. The molecule has 0 aliphatic carbocycles. The molecule has 0 atom stereocenters. The maximum Gasteiger partial charge on any atom is 0.242 e.